The molecule has 2 rings (SSSR count). The van der Waals surface area contributed by atoms with E-state index in [1.54, 1.807) is 24.3 Å². The Morgan fingerprint density at radius 1 is 1.33 bits per heavy atom. The van der Waals surface area contributed by atoms with Gasteiger partial charge in [-0.15, -0.1) is 0 Å². The Balaban J connectivity index is 1.88. The highest BCUT2D eigenvalue weighted by Crippen LogP contribution is 2.18. The third-order valence-corrected chi connectivity index (χ3v) is 3.19. The van der Waals surface area contributed by atoms with Gasteiger partial charge < -0.3 is 21.5 Å². The molecule has 0 spiro atoms. The summed E-state index contributed by atoms with van der Waals surface area (Å²) in [6.07, 6.45) is 3.20. The van der Waals surface area contributed by atoms with E-state index in [2.05, 4.69) is 10.6 Å². The Labute approximate surface area is 106 Å². The fourth-order valence-corrected chi connectivity index (χ4v) is 2.23. The number of aliphatic hydroxyl groups is 1. The Morgan fingerprint density at radius 3 is 2.83 bits per heavy atom. The summed E-state index contributed by atoms with van der Waals surface area (Å²) in [4.78, 5) is 11.8. The number of carbonyl (C=O) groups is 1. The molecule has 0 heterocycles. The first-order chi connectivity index (χ1) is 8.65. The molecular formula is C13H19N3O2. The topological polar surface area (TPSA) is 87.4 Å². The van der Waals surface area contributed by atoms with Gasteiger partial charge >= 0.3 is 6.03 Å². The van der Waals surface area contributed by atoms with Crippen LogP contribution in [0.2, 0.25) is 0 Å². The van der Waals surface area contributed by atoms with Crippen LogP contribution in [-0.2, 0) is 0 Å². The summed E-state index contributed by atoms with van der Waals surface area (Å²) in [5, 5.41) is 15.3. The highest BCUT2D eigenvalue weighted by molar-refractivity contribution is 5.89. The zero-order valence-electron chi connectivity index (χ0n) is 10.2. The molecule has 0 saturated heterocycles. The smallest absolute Gasteiger partial charge is 0.319 e. The number of urea groups is 1. The van der Waals surface area contributed by atoms with Crippen LogP contribution in [-0.4, -0.2) is 23.3 Å². The quantitative estimate of drug-likeness (QED) is 0.601. The summed E-state index contributed by atoms with van der Waals surface area (Å²) >= 11 is 0. The van der Waals surface area contributed by atoms with E-state index >= 15 is 0 Å². The monoisotopic (exact) mass is 249 g/mol. The lowest BCUT2D eigenvalue weighted by Crippen LogP contribution is -2.46. The maximum absolute atomic E-state index is 11.8. The summed E-state index contributed by atoms with van der Waals surface area (Å²) in [5.74, 6) is 0. The molecule has 1 aromatic carbocycles. The van der Waals surface area contributed by atoms with Crippen molar-refractivity contribution in [2.45, 2.75) is 37.8 Å². The van der Waals surface area contributed by atoms with E-state index in [0.29, 0.717) is 11.4 Å². The average molecular weight is 249 g/mol. The van der Waals surface area contributed by atoms with Gasteiger partial charge in [-0.25, -0.2) is 4.79 Å². The van der Waals surface area contributed by atoms with Crippen molar-refractivity contribution >= 4 is 17.4 Å². The normalized spacial score (nSPS) is 23.4. The maximum atomic E-state index is 11.8. The highest BCUT2D eigenvalue weighted by atomic mass is 16.3. The minimum absolute atomic E-state index is 0.153. The van der Waals surface area contributed by atoms with Gasteiger partial charge in [-0.3, -0.25) is 0 Å². The van der Waals surface area contributed by atoms with Crippen LogP contribution in [0.25, 0.3) is 0 Å². The summed E-state index contributed by atoms with van der Waals surface area (Å²) in [6.45, 7) is 0. The molecule has 1 saturated carbocycles. The Kier molecular flexibility index (Phi) is 4.04. The molecule has 98 valence electrons. The lowest BCUT2D eigenvalue weighted by atomic mass is 9.93. The predicted octanol–water partition coefficient (Wildman–Crippen LogP) is 1.69. The molecule has 1 fully saturated rings. The fourth-order valence-electron chi connectivity index (χ4n) is 2.23. The second kappa shape index (κ2) is 5.73. The van der Waals surface area contributed by atoms with E-state index < -0.39 is 6.10 Å². The third-order valence-electron chi connectivity index (χ3n) is 3.19. The predicted molar refractivity (Wildman–Crippen MR) is 71.3 cm³/mol. The molecular weight excluding hydrogens is 230 g/mol. The van der Waals surface area contributed by atoms with Gasteiger partial charge in [-0.1, -0.05) is 18.9 Å². The van der Waals surface area contributed by atoms with Crippen LogP contribution in [0.15, 0.2) is 24.3 Å². The molecule has 0 aromatic heterocycles. The molecule has 18 heavy (non-hydrogen) atoms. The van der Waals surface area contributed by atoms with Crippen molar-refractivity contribution in [2.75, 3.05) is 11.1 Å². The van der Waals surface area contributed by atoms with E-state index in [1.165, 1.54) is 0 Å². The molecule has 2 unspecified atom stereocenters. The molecule has 1 aliphatic carbocycles. The molecule has 2 amide bonds. The first-order valence-electron chi connectivity index (χ1n) is 6.26. The van der Waals surface area contributed by atoms with E-state index in [9.17, 15) is 9.90 Å². The van der Waals surface area contributed by atoms with E-state index in [0.717, 1.165) is 25.7 Å². The first kappa shape index (κ1) is 12.7. The van der Waals surface area contributed by atoms with Gasteiger partial charge in [0.05, 0.1) is 12.1 Å². The van der Waals surface area contributed by atoms with Gasteiger partial charge in [-0.2, -0.15) is 0 Å². The van der Waals surface area contributed by atoms with Gasteiger partial charge in [-0.05, 0) is 31.0 Å². The highest BCUT2D eigenvalue weighted by Gasteiger charge is 2.24. The number of aliphatic hydroxyl groups excluding tert-OH is 1. The van der Waals surface area contributed by atoms with Crippen LogP contribution in [0.3, 0.4) is 0 Å². The molecule has 5 heteroatoms. The van der Waals surface area contributed by atoms with Crippen molar-refractivity contribution in [1.82, 2.24) is 5.32 Å². The van der Waals surface area contributed by atoms with Gasteiger partial charge in [0.1, 0.15) is 0 Å². The lowest BCUT2D eigenvalue weighted by Gasteiger charge is -2.28. The van der Waals surface area contributed by atoms with Gasteiger partial charge in [0, 0.05) is 11.4 Å². The number of nitrogens with one attached hydrogen (secondary N) is 2. The van der Waals surface area contributed by atoms with E-state index in [1.807, 2.05) is 0 Å². The van der Waals surface area contributed by atoms with Crippen molar-refractivity contribution in [3.8, 4) is 0 Å². The van der Waals surface area contributed by atoms with E-state index in [-0.39, 0.29) is 12.1 Å². The van der Waals surface area contributed by atoms with Crippen molar-refractivity contribution in [1.29, 1.82) is 0 Å². The van der Waals surface area contributed by atoms with Crippen LogP contribution >= 0.6 is 0 Å². The second-order valence-corrected chi connectivity index (χ2v) is 4.68. The Bertz CT molecular complexity index is 422. The SMILES string of the molecule is Nc1cccc(NC(=O)NC2CCCCC2O)c1. The fraction of sp³-hybridized carbons (Fsp3) is 0.462. The van der Waals surface area contributed by atoms with Crippen molar-refractivity contribution < 1.29 is 9.90 Å². The number of carbonyl (C=O) groups excluding carboxylic acids is 1. The summed E-state index contributed by atoms with van der Waals surface area (Å²) < 4.78 is 0. The molecule has 0 aliphatic heterocycles. The molecule has 2 atom stereocenters. The standard InChI is InChI=1S/C13H19N3O2/c14-9-4-3-5-10(8-9)15-13(18)16-11-6-1-2-7-12(11)17/h3-5,8,11-12,17H,1-2,6-7,14H2,(H2,15,16,18). The minimum atomic E-state index is -0.439. The molecule has 1 aliphatic rings. The van der Waals surface area contributed by atoms with E-state index in [4.69, 9.17) is 5.73 Å². The average Bonchev–Trinajstić information content (AvgIpc) is 2.32. The number of rotatable bonds is 2. The Hall–Kier alpha value is -1.75. The molecule has 5 N–H and O–H groups in total. The number of amides is 2. The number of hydrogen-bond acceptors (Lipinski definition) is 3. The number of benzene rings is 1. The van der Waals surface area contributed by atoms with Crippen molar-refractivity contribution in [3.63, 3.8) is 0 Å². The lowest BCUT2D eigenvalue weighted by molar-refractivity contribution is 0.0955. The zero-order valence-corrected chi connectivity index (χ0v) is 10.2. The van der Waals surface area contributed by atoms with Gasteiger partial charge in [0.15, 0.2) is 0 Å². The first-order valence-corrected chi connectivity index (χ1v) is 6.26. The summed E-state index contributed by atoms with van der Waals surface area (Å²) in [5.41, 5.74) is 6.88. The summed E-state index contributed by atoms with van der Waals surface area (Å²) in [7, 11) is 0. The van der Waals surface area contributed by atoms with Crippen LogP contribution in [0.4, 0.5) is 16.2 Å². The molecule has 1 aromatic rings. The molecule has 0 radical (unpaired) electrons. The number of nitrogens with two attached hydrogens (primary N) is 1. The third kappa shape index (κ3) is 3.37. The van der Waals surface area contributed by atoms with Gasteiger partial charge in [0.2, 0.25) is 0 Å². The zero-order chi connectivity index (χ0) is 13.0. The van der Waals surface area contributed by atoms with Crippen molar-refractivity contribution in [2.24, 2.45) is 0 Å². The second-order valence-electron chi connectivity index (χ2n) is 4.68. The van der Waals surface area contributed by atoms with Crippen LogP contribution in [0, 0.1) is 0 Å². The molecule has 5 nitrogen and oxygen atoms in total. The van der Waals surface area contributed by atoms with Crippen molar-refractivity contribution in [3.05, 3.63) is 24.3 Å². The largest absolute Gasteiger partial charge is 0.399 e. The Morgan fingerprint density at radius 2 is 2.11 bits per heavy atom. The number of anilines is 2. The van der Waals surface area contributed by atoms with Crippen LogP contribution < -0.4 is 16.4 Å². The summed E-state index contributed by atoms with van der Waals surface area (Å²) in [6, 6.07) is 6.55. The number of nitrogen functional groups attached to an aromatic ring is 1. The van der Waals surface area contributed by atoms with Crippen LogP contribution in [0.5, 0.6) is 0 Å². The van der Waals surface area contributed by atoms with Crippen LogP contribution in [0.1, 0.15) is 25.7 Å². The minimum Gasteiger partial charge on any atom is -0.399 e. The number of hydrogen-bond donors (Lipinski definition) is 4. The maximum Gasteiger partial charge on any atom is 0.319 e. The molecule has 0 bridgehead atoms. The van der Waals surface area contributed by atoms with Gasteiger partial charge in [0.25, 0.3) is 0 Å².